The fourth-order valence-corrected chi connectivity index (χ4v) is 2.80. The summed E-state index contributed by atoms with van der Waals surface area (Å²) in [6.45, 7) is 4.77. The van der Waals surface area contributed by atoms with E-state index < -0.39 is 0 Å². The zero-order chi connectivity index (χ0) is 14.9. The van der Waals surface area contributed by atoms with Gasteiger partial charge in [-0.3, -0.25) is 14.2 Å². The number of anilines is 1. The third kappa shape index (κ3) is 2.49. The number of Topliss-reactive ketones (excluding diaryl/α,β-unsaturated/α-hetero) is 1. The molecule has 0 fully saturated rings. The average Bonchev–Trinajstić information content (AvgIpc) is 2.92. The molecule has 20 heavy (non-hydrogen) atoms. The minimum absolute atomic E-state index is 0.0476. The molecular formula is C13H18BrN5O. The van der Waals surface area contributed by atoms with Crippen molar-refractivity contribution in [3.05, 3.63) is 27.6 Å². The Morgan fingerprint density at radius 1 is 1.45 bits per heavy atom. The fraction of sp³-hybridized carbons (Fsp3) is 0.462. The number of nitrogens with two attached hydrogens (primary N) is 1. The van der Waals surface area contributed by atoms with Gasteiger partial charge in [0, 0.05) is 13.6 Å². The van der Waals surface area contributed by atoms with Crippen molar-refractivity contribution < 1.29 is 4.79 Å². The van der Waals surface area contributed by atoms with E-state index in [0.29, 0.717) is 11.4 Å². The van der Waals surface area contributed by atoms with E-state index in [-0.39, 0.29) is 12.2 Å². The minimum Gasteiger partial charge on any atom is -0.383 e. The Morgan fingerprint density at radius 3 is 2.65 bits per heavy atom. The van der Waals surface area contributed by atoms with Gasteiger partial charge in [0.25, 0.3) is 0 Å². The standard InChI is InChI=1S/C13H18BrN5O/c1-4-9-12(14)10(19(5-2)17-9)6-11(20)8-7-16-18(3)13(8)15/h7H,4-6,15H2,1-3H3. The topological polar surface area (TPSA) is 78.7 Å². The molecule has 7 heteroatoms. The molecule has 0 aliphatic carbocycles. The molecule has 0 amide bonds. The first-order chi connectivity index (χ1) is 9.49. The van der Waals surface area contributed by atoms with Crippen LogP contribution >= 0.6 is 15.9 Å². The van der Waals surface area contributed by atoms with Crippen LogP contribution in [0.2, 0.25) is 0 Å². The first kappa shape index (κ1) is 14.8. The molecule has 0 aromatic carbocycles. The molecule has 0 saturated heterocycles. The van der Waals surface area contributed by atoms with Gasteiger partial charge in [0.15, 0.2) is 5.78 Å². The van der Waals surface area contributed by atoms with E-state index in [1.165, 1.54) is 10.9 Å². The zero-order valence-electron chi connectivity index (χ0n) is 11.9. The van der Waals surface area contributed by atoms with Crippen molar-refractivity contribution >= 4 is 27.5 Å². The van der Waals surface area contributed by atoms with E-state index in [0.717, 1.165) is 28.8 Å². The normalized spacial score (nSPS) is 11.0. The van der Waals surface area contributed by atoms with E-state index in [1.54, 1.807) is 7.05 Å². The lowest BCUT2D eigenvalue weighted by Gasteiger charge is -2.05. The second-order valence-corrected chi connectivity index (χ2v) is 5.34. The largest absolute Gasteiger partial charge is 0.383 e. The van der Waals surface area contributed by atoms with E-state index >= 15 is 0 Å². The van der Waals surface area contributed by atoms with Gasteiger partial charge in [-0.2, -0.15) is 10.2 Å². The van der Waals surface area contributed by atoms with Gasteiger partial charge < -0.3 is 5.73 Å². The number of hydrogen-bond acceptors (Lipinski definition) is 4. The number of aromatic nitrogens is 4. The Balaban J connectivity index is 2.32. The summed E-state index contributed by atoms with van der Waals surface area (Å²) in [6, 6.07) is 0. The molecule has 0 atom stereocenters. The molecule has 0 spiro atoms. The molecule has 108 valence electrons. The van der Waals surface area contributed by atoms with Gasteiger partial charge in [-0.1, -0.05) is 6.92 Å². The lowest BCUT2D eigenvalue weighted by molar-refractivity contribution is 0.0991. The lowest BCUT2D eigenvalue weighted by Crippen LogP contribution is -2.11. The third-order valence-electron chi connectivity index (χ3n) is 3.31. The molecule has 0 aliphatic heterocycles. The van der Waals surface area contributed by atoms with E-state index in [1.807, 2.05) is 18.5 Å². The molecule has 6 nitrogen and oxygen atoms in total. The molecule has 0 bridgehead atoms. The first-order valence-electron chi connectivity index (χ1n) is 6.54. The van der Waals surface area contributed by atoms with E-state index in [4.69, 9.17) is 5.73 Å². The van der Waals surface area contributed by atoms with Crippen molar-refractivity contribution in [2.24, 2.45) is 7.05 Å². The van der Waals surface area contributed by atoms with Crippen LogP contribution in [0.5, 0.6) is 0 Å². The van der Waals surface area contributed by atoms with Crippen LogP contribution in [0, 0.1) is 0 Å². The lowest BCUT2D eigenvalue weighted by atomic mass is 10.1. The van der Waals surface area contributed by atoms with Crippen molar-refractivity contribution in [3.63, 3.8) is 0 Å². The van der Waals surface area contributed by atoms with Crippen LogP contribution in [-0.4, -0.2) is 25.3 Å². The highest BCUT2D eigenvalue weighted by atomic mass is 79.9. The van der Waals surface area contributed by atoms with Gasteiger partial charge in [0.2, 0.25) is 0 Å². The number of carbonyl (C=O) groups excluding carboxylic acids is 1. The first-order valence-corrected chi connectivity index (χ1v) is 7.33. The van der Waals surface area contributed by atoms with Crippen molar-refractivity contribution in [1.29, 1.82) is 0 Å². The number of halogens is 1. The molecule has 0 unspecified atom stereocenters. The molecular weight excluding hydrogens is 322 g/mol. The molecule has 2 aromatic heterocycles. The fourth-order valence-electron chi connectivity index (χ4n) is 2.10. The summed E-state index contributed by atoms with van der Waals surface area (Å²) < 4.78 is 4.27. The SMILES string of the molecule is CCc1nn(CC)c(CC(=O)c2cnn(C)c2N)c1Br. The highest BCUT2D eigenvalue weighted by molar-refractivity contribution is 9.10. The second-order valence-electron chi connectivity index (χ2n) is 4.54. The number of ketones is 1. The van der Waals surface area contributed by atoms with Gasteiger partial charge >= 0.3 is 0 Å². The molecule has 2 heterocycles. The van der Waals surface area contributed by atoms with Gasteiger partial charge in [-0.15, -0.1) is 0 Å². The van der Waals surface area contributed by atoms with Gasteiger partial charge in [-0.05, 0) is 29.3 Å². The summed E-state index contributed by atoms with van der Waals surface area (Å²) in [5.41, 5.74) is 8.16. The van der Waals surface area contributed by atoms with E-state index in [2.05, 4.69) is 26.1 Å². The van der Waals surface area contributed by atoms with Crippen LogP contribution in [0.1, 0.15) is 35.6 Å². The molecule has 0 aliphatic rings. The van der Waals surface area contributed by atoms with Gasteiger partial charge in [0.05, 0.1) is 34.0 Å². The van der Waals surface area contributed by atoms with Crippen molar-refractivity contribution in [3.8, 4) is 0 Å². The monoisotopic (exact) mass is 339 g/mol. The Labute approximate surface area is 126 Å². The van der Waals surface area contributed by atoms with Crippen LogP contribution in [0.25, 0.3) is 0 Å². The van der Waals surface area contributed by atoms with Crippen molar-refractivity contribution in [1.82, 2.24) is 19.6 Å². The van der Waals surface area contributed by atoms with Gasteiger partial charge in [-0.25, -0.2) is 0 Å². The quantitative estimate of drug-likeness (QED) is 0.844. The predicted octanol–water partition coefficient (Wildman–Crippen LogP) is 1.97. The maximum Gasteiger partial charge on any atom is 0.174 e. The Hall–Kier alpha value is -1.63. The van der Waals surface area contributed by atoms with Crippen molar-refractivity contribution in [2.45, 2.75) is 33.2 Å². The summed E-state index contributed by atoms with van der Waals surface area (Å²) in [4.78, 5) is 12.4. The van der Waals surface area contributed by atoms with Crippen LogP contribution in [0.3, 0.4) is 0 Å². The van der Waals surface area contributed by atoms with Crippen LogP contribution in [0.15, 0.2) is 10.7 Å². The minimum atomic E-state index is -0.0476. The Bertz CT molecular complexity index is 643. The molecule has 0 radical (unpaired) electrons. The number of nitrogens with zero attached hydrogens (tertiary/aromatic N) is 4. The Morgan fingerprint density at radius 2 is 2.15 bits per heavy atom. The van der Waals surface area contributed by atoms with Crippen LogP contribution < -0.4 is 5.73 Å². The average molecular weight is 340 g/mol. The predicted molar refractivity (Wildman–Crippen MR) is 80.6 cm³/mol. The van der Waals surface area contributed by atoms with E-state index in [9.17, 15) is 4.79 Å². The maximum absolute atomic E-state index is 12.4. The third-order valence-corrected chi connectivity index (χ3v) is 4.22. The highest BCUT2D eigenvalue weighted by Crippen LogP contribution is 2.24. The number of hydrogen-bond donors (Lipinski definition) is 1. The number of nitrogen functional groups attached to an aromatic ring is 1. The number of aryl methyl sites for hydroxylation is 3. The molecule has 0 saturated carbocycles. The number of rotatable bonds is 5. The smallest absolute Gasteiger partial charge is 0.174 e. The molecule has 2 aromatic rings. The van der Waals surface area contributed by atoms with Crippen LogP contribution in [-0.2, 0) is 26.4 Å². The summed E-state index contributed by atoms with van der Waals surface area (Å²) >= 11 is 3.54. The molecule has 2 N–H and O–H groups in total. The summed E-state index contributed by atoms with van der Waals surface area (Å²) in [6.07, 6.45) is 2.60. The highest BCUT2D eigenvalue weighted by Gasteiger charge is 2.20. The van der Waals surface area contributed by atoms with Gasteiger partial charge in [0.1, 0.15) is 5.82 Å². The van der Waals surface area contributed by atoms with Crippen LogP contribution in [0.4, 0.5) is 5.82 Å². The second kappa shape index (κ2) is 5.78. The summed E-state index contributed by atoms with van der Waals surface area (Å²) in [7, 11) is 1.72. The molecule has 2 rings (SSSR count). The summed E-state index contributed by atoms with van der Waals surface area (Å²) in [5, 5.41) is 8.49. The Kier molecular flexibility index (Phi) is 4.27. The van der Waals surface area contributed by atoms with Crippen molar-refractivity contribution in [2.75, 3.05) is 5.73 Å². The zero-order valence-corrected chi connectivity index (χ0v) is 13.4. The summed E-state index contributed by atoms with van der Waals surface area (Å²) in [5.74, 6) is 0.345. The number of carbonyl (C=O) groups is 1. The maximum atomic E-state index is 12.4.